The number of hydrogen-bond donors (Lipinski definition) is 1. The highest BCUT2D eigenvalue weighted by Gasteiger charge is 2.20. The first-order valence-corrected chi connectivity index (χ1v) is 7.36. The number of hydrogen-bond acceptors (Lipinski definition) is 1. The van der Waals surface area contributed by atoms with Crippen molar-refractivity contribution in [1.29, 1.82) is 0 Å². The third kappa shape index (κ3) is 3.25. The van der Waals surface area contributed by atoms with E-state index in [0.717, 1.165) is 18.5 Å². The van der Waals surface area contributed by atoms with Crippen LogP contribution in [0.25, 0.3) is 0 Å². The third-order valence-electron chi connectivity index (χ3n) is 3.11. The molecule has 0 aromatic heterocycles. The highest BCUT2D eigenvalue weighted by atomic mass is 79.9. The summed E-state index contributed by atoms with van der Waals surface area (Å²) in [6.07, 6.45) is 0.963. The predicted octanol–water partition coefficient (Wildman–Crippen LogP) is 4.82. The number of rotatable bonds is 5. The van der Waals surface area contributed by atoms with Crippen molar-refractivity contribution in [3.63, 3.8) is 0 Å². The maximum absolute atomic E-state index is 13.7. The Morgan fingerprint density at radius 2 is 1.80 bits per heavy atom. The molecule has 0 aliphatic heterocycles. The molecule has 1 N–H and O–H groups in total. The van der Waals surface area contributed by atoms with Crippen molar-refractivity contribution in [3.05, 3.63) is 69.7 Å². The van der Waals surface area contributed by atoms with Crippen LogP contribution in [0.4, 0.5) is 8.78 Å². The van der Waals surface area contributed by atoms with Gasteiger partial charge in [-0.25, -0.2) is 8.78 Å². The van der Waals surface area contributed by atoms with Gasteiger partial charge in [-0.15, -0.1) is 0 Å². The molecule has 1 atom stereocenters. The largest absolute Gasteiger partial charge is 0.306 e. The van der Waals surface area contributed by atoms with Gasteiger partial charge in [0.05, 0.1) is 10.5 Å². The van der Waals surface area contributed by atoms with Gasteiger partial charge in [-0.05, 0) is 46.1 Å². The summed E-state index contributed by atoms with van der Waals surface area (Å²) >= 11 is 3.17. The monoisotopic (exact) mass is 339 g/mol. The van der Waals surface area contributed by atoms with Crippen LogP contribution in [0.1, 0.15) is 30.5 Å². The first-order valence-electron chi connectivity index (χ1n) is 6.56. The molecule has 0 saturated carbocycles. The van der Waals surface area contributed by atoms with Gasteiger partial charge in [0.25, 0.3) is 0 Å². The summed E-state index contributed by atoms with van der Waals surface area (Å²) in [5.74, 6) is -1.69. The van der Waals surface area contributed by atoms with Crippen LogP contribution >= 0.6 is 15.9 Å². The van der Waals surface area contributed by atoms with E-state index >= 15 is 0 Å². The summed E-state index contributed by atoms with van der Waals surface area (Å²) in [6, 6.07) is 12.4. The van der Waals surface area contributed by atoms with E-state index in [4.69, 9.17) is 0 Å². The zero-order chi connectivity index (χ0) is 14.5. The third-order valence-corrected chi connectivity index (χ3v) is 3.91. The molecule has 0 spiro atoms. The molecular weight excluding hydrogens is 324 g/mol. The van der Waals surface area contributed by atoms with Crippen LogP contribution in [-0.2, 0) is 0 Å². The Morgan fingerprint density at radius 3 is 2.45 bits per heavy atom. The van der Waals surface area contributed by atoms with E-state index in [-0.39, 0.29) is 10.5 Å². The first-order chi connectivity index (χ1) is 9.65. The molecule has 0 radical (unpaired) electrons. The van der Waals surface area contributed by atoms with Crippen LogP contribution < -0.4 is 5.32 Å². The van der Waals surface area contributed by atoms with Crippen LogP contribution in [-0.4, -0.2) is 6.54 Å². The van der Waals surface area contributed by atoms with Crippen molar-refractivity contribution in [1.82, 2.24) is 5.32 Å². The van der Waals surface area contributed by atoms with Gasteiger partial charge in [0, 0.05) is 0 Å². The highest BCUT2D eigenvalue weighted by molar-refractivity contribution is 9.10. The fourth-order valence-electron chi connectivity index (χ4n) is 2.11. The second-order valence-corrected chi connectivity index (χ2v) is 5.36. The Labute approximate surface area is 126 Å². The highest BCUT2D eigenvalue weighted by Crippen LogP contribution is 2.31. The lowest BCUT2D eigenvalue weighted by Gasteiger charge is -2.21. The van der Waals surface area contributed by atoms with Gasteiger partial charge < -0.3 is 5.32 Å². The van der Waals surface area contributed by atoms with Gasteiger partial charge in [-0.1, -0.05) is 43.3 Å². The van der Waals surface area contributed by atoms with Crippen LogP contribution in [0.3, 0.4) is 0 Å². The van der Waals surface area contributed by atoms with Crippen molar-refractivity contribution < 1.29 is 8.78 Å². The van der Waals surface area contributed by atoms with Gasteiger partial charge in [0.15, 0.2) is 11.6 Å². The Kier molecular flexibility index (Phi) is 5.26. The lowest BCUT2D eigenvalue weighted by molar-refractivity contribution is 0.497. The minimum Gasteiger partial charge on any atom is -0.306 e. The van der Waals surface area contributed by atoms with E-state index in [1.807, 2.05) is 30.3 Å². The second kappa shape index (κ2) is 6.95. The smallest absolute Gasteiger partial charge is 0.173 e. The minimum atomic E-state index is -0.846. The maximum Gasteiger partial charge on any atom is 0.173 e. The van der Waals surface area contributed by atoms with E-state index in [2.05, 4.69) is 28.2 Å². The standard InChI is InChI=1S/C16H16BrF2N/c1-2-10-20-16(11-6-4-3-5-7-11)12-8-9-13(18)15(19)14(12)17/h3-9,16,20H,2,10H2,1H3. The van der Waals surface area contributed by atoms with Gasteiger partial charge in [0.1, 0.15) is 0 Å². The molecule has 2 rings (SSSR count). The van der Waals surface area contributed by atoms with Crippen molar-refractivity contribution in [2.24, 2.45) is 0 Å². The molecule has 1 unspecified atom stereocenters. The van der Waals surface area contributed by atoms with E-state index in [0.29, 0.717) is 5.56 Å². The van der Waals surface area contributed by atoms with Crippen LogP contribution in [0.2, 0.25) is 0 Å². The van der Waals surface area contributed by atoms with E-state index < -0.39 is 11.6 Å². The lowest BCUT2D eigenvalue weighted by atomic mass is 9.98. The molecule has 20 heavy (non-hydrogen) atoms. The molecule has 1 nitrogen and oxygen atoms in total. The van der Waals surface area contributed by atoms with Crippen molar-refractivity contribution in [3.8, 4) is 0 Å². The second-order valence-electron chi connectivity index (χ2n) is 4.56. The molecule has 106 valence electrons. The zero-order valence-corrected chi connectivity index (χ0v) is 12.8. The Morgan fingerprint density at radius 1 is 1.10 bits per heavy atom. The van der Waals surface area contributed by atoms with Gasteiger partial charge in [-0.3, -0.25) is 0 Å². The molecule has 0 fully saturated rings. The summed E-state index contributed by atoms with van der Waals surface area (Å²) in [4.78, 5) is 0. The van der Waals surface area contributed by atoms with Crippen LogP contribution in [0.5, 0.6) is 0 Å². The van der Waals surface area contributed by atoms with Crippen molar-refractivity contribution in [2.45, 2.75) is 19.4 Å². The molecule has 0 aliphatic rings. The number of benzene rings is 2. The van der Waals surface area contributed by atoms with E-state index in [9.17, 15) is 8.78 Å². The topological polar surface area (TPSA) is 12.0 Å². The van der Waals surface area contributed by atoms with Crippen molar-refractivity contribution in [2.75, 3.05) is 6.54 Å². The van der Waals surface area contributed by atoms with Crippen molar-refractivity contribution >= 4 is 15.9 Å². The fourth-order valence-corrected chi connectivity index (χ4v) is 2.66. The summed E-state index contributed by atoms with van der Waals surface area (Å²) in [5.41, 5.74) is 1.72. The Hall–Kier alpha value is -1.26. The average Bonchev–Trinajstić information content (AvgIpc) is 2.48. The van der Waals surface area contributed by atoms with Gasteiger partial charge >= 0.3 is 0 Å². The number of halogens is 3. The molecule has 0 aliphatic carbocycles. The molecular formula is C16H16BrF2N. The minimum absolute atomic E-state index is 0.166. The zero-order valence-electron chi connectivity index (χ0n) is 11.2. The Bertz CT molecular complexity index is 572. The fraction of sp³-hybridized carbons (Fsp3) is 0.250. The van der Waals surface area contributed by atoms with Crippen LogP contribution in [0.15, 0.2) is 46.9 Å². The Balaban J connectivity index is 2.44. The predicted molar refractivity (Wildman–Crippen MR) is 80.6 cm³/mol. The molecule has 2 aromatic carbocycles. The molecule has 0 heterocycles. The van der Waals surface area contributed by atoms with Gasteiger partial charge in [0.2, 0.25) is 0 Å². The first kappa shape index (κ1) is 15.1. The van der Waals surface area contributed by atoms with Gasteiger partial charge in [-0.2, -0.15) is 0 Å². The molecule has 0 bridgehead atoms. The summed E-state index contributed by atoms with van der Waals surface area (Å²) in [5, 5.41) is 3.37. The SMILES string of the molecule is CCCNC(c1ccccc1)c1ccc(F)c(F)c1Br. The average molecular weight is 340 g/mol. The quantitative estimate of drug-likeness (QED) is 0.770. The summed E-state index contributed by atoms with van der Waals surface area (Å²) < 4.78 is 27.2. The molecule has 4 heteroatoms. The summed E-state index contributed by atoms with van der Waals surface area (Å²) in [6.45, 7) is 2.86. The van der Waals surface area contributed by atoms with E-state index in [1.165, 1.54) is 6.07 Å². The molecule has 2 aromatic rings. The van der Waals surface area contributed by atoms with Crippen LogP contribution in [0, 0.1) is 11.6 Å². The molecule has 0 saturated heterocycles. The molecule has 0 amide bonds. The maximum atomic E-state index is 13.7. The summed E-state index contributed by atoms with van der Waals surface area (Å²) in [7, 11) is 0. The lowest BCUT2D eigenvalue weighted by Crippen LogP contribution is -2.23. The normalized spacial score (nSPS) is 12.4. The number of nitrogens with one attached hydrogen (secondary N) is 1. The van der Waals surface area contributed by atoms with E-state index in [1.54, 1.807) is 6.07 Å².